The molecule has 0 amide bonds. The van der Waals surface area contributed by atoms with Crippen LogP contribution in [0.15, 0.2) is 41.3 Å². The van der Waals surface area contributed by atoms with Gasteiger partial charge >= 0.3 is 0 Å². The highest BCUT2D eigenvalue weighted by Crippen LogP contribution is 2.27. The summed E-state index contributed by atoms with van der Waals surface area (Å²) >= 11 is 0. The van der Waals surface area contributed by atoms with Crippen LogP contribution >= 0.6 is 0 Å². The van der Waals surface area contributed by atoms with Crippen molar-refractivity contribution in [3.8, 4) is 11.8 Å². The van der Waals surface area contributed by atoms with Gasteiger partial charge in [-0.25, -0.2) is 12.8 Å². The van der Waals surface area contributed by atoms with E-state index >= 15 is 0 Å². The van der Waals surface area contributed by atoms with Gasteiger partial charge in [-0.15, -0.1) is 0 Å². The van der Waals surface area contributed by atoms with Crippen molar-refractivity contribution in [3.63, 3.8) is 0 Å². The van der Waals surface area contributed by atoms with Crippen LogP contribution in [0.5, 0.6) is 5.75 Å². The van der Waals surface area contributed by atoms with Gasteiger partial charge in [-0.3, -0.25) is 14.8 Å². The summed E-state index contributed by atoms with van der Waals surface area (Å²) in [6, 6.07) is 8.80. The van der Waals surface area contributed by atoms with Crippen LogP contribution in [0.3, 0.4) is 0 Å². The van der Waals surface area contributed by atoms with E-state index in [0.717, 1.165) is 6.07 Å². The standard InChI is InChI=1S/C15H12FN3O5S/c1-10-8-13(16)15(9-14(10)19(20)21)25(22,23)18-11-2-4-12(5-3-11)24-7-6-17/h2-5,8-9,18H,7H2,1H3. The van der Waals surface area contributed by atoms with Gasteiger partial charge in [0.15, 0.2) is 6.61 Å². The molecule has 0 bridgehead atoms. The highest BCUT2D eigenvalue weighted by atomic mass is 32.2. The zero-order valence-electron chi connectivity index (χ0n) is 12.9. The van der Waals surface area contributed by atoms with Crippen molar-refractivity contribution < 1.29 is 22.5 Å². The average Bonchev–Trinajstić information content (AvgIpc) is 2.53. The fourth-order valence-corrected chi connectivity index (χ4v) is 3.13. The maximum atomic E-state index is 14.0. The molecule has 0 unspecified atom stereocenters. The maximum absolute atomic E-state index is 14.0. The molecule has 0 fully saturated rings. The van der Waals surface area contributed by atoms with Gasteiger partial charge in [0, 0.05) is 17.3 Å². The van der Waals surface area contributed by atoms with Crippen LogP contribution in [0.25, 0.3) is 0 Å². The minimum absolute atomic E-state index is 0.0143. The van der Waals surface area contributed by atoms with Gasteiger partial charge in [0.2, 0.25) is 0 Å². The molecule has 0 spiro atoms. The highest BCUT2D eigenvalue weighted by Gasteiger charge is 2.24. The third-order valence-electron chi connectivity index (χ3n) is 3.15. The highest BCUT2D eigenvalue weighted by molar-refractivity contribution is 7.92. The quantitative estimate of drug-likeness (QED) is 0.620. The molecule has 0 radical (unpaired) electrons. The van der Waals surface area contributed by atoms with Crippen molar-refractivity contribution in [3.05, 3.63) is 57.9 Å². The SMILES string of the molecule is Cc1cc(F)c(S(=O)(=O)Nc2ccc(OCC#N)cc2)cc1[N+](=O)[O-]. The first-order valence-electron chi connectivity index (χ1n) is 6.82. The molecule has 25 heavy (non-hydrogen) atoms. The monoisotopic (exact) mass is 365 g/mol. The molecule has 0 aliphatic heterocycles. The Labute approximate surface area is 142 Å². The number of anilines is 1. The summed E-state index contributed by atoms with van der Waals surface area (Å²) in [7, 11) is -4.37. The summed E-state index contributed by atoms with van der Waals surface area (Å²) < 4.78 is 45.8. The van der Waals surface area contributed by atoms with Crippen LogP contribution in [0.4, 0.5) is 15.8 Å². The molecule has 1 N–H and O–H groups in total. The van der Waals surface area contributed by atoms with E-state index in [9.17, 15) is 22.9 Å². The third-order valence-corrected chi connectivity index (χ3v) is 4.54. The predicted molar refractivity (Wildman–Crippen MR) is 86.1 cm³/mol. The first-order valence-corrected chi connectivity index (χ1v) is 8.30. The number of nitro benzene ring substituents is 1. The maximum Gasteiger partial charge on any atom is 0.273 e. The number of sulfonamides is 1. The Morgan fingerprint density at radius 1 is 1.32 bits per heavy atom. The van der Waals surface area contributed by atoms with Gasteiger partial charge in [0.25, 0.3) is 15.7 Å². The first kappa shape index (κ1) is 18.2. The number of rotatable bonds is 6. The van der Waals surface area contributed by atoms with Gasteiger partial charge in [0.05, 0.1) is 4.92 Å². The number of nitrogens with one attached hydrogen (secondary N) is 1. The summed E-state index contributed by atoms with van der Waals surface area (Å²) in [6.45, 7) is 1.15. The van der Waals surface area contributed by atoms with Crippen LogP contribution < -0.4 is 9.46 Å². The van der Waals surface area contributed by atoms with Crippen LogP contribution in [0.2, 0.25) is 0 Å². The van der Waals surface area contributed by atoms with E-state index in [1.807, 2.05) is 0 Å². The van der Waals surface area contributed by atoms with E-state index < -0.39 is 31.3 Å². The van der Waals surface area contributed by atoms with Crippen molar-refractivity contribution in [2.24, 2.45) is 0 Å². The minimum atomic E-state index is -4.37. The third kappa shape index (κ3) is 4.21. The number of nitro groups is 1. The lowest BCUT2D eigenvalue weighted by molar-refractivity contribution is -0.385. The molecular weight excluding hydrogens is 353 g/mol. The normalized spacial score (nSPS) is 10.8. The zero-order chi connectivity index (χ0) is 18.6. The Morgan fingerprint density at radius 3 is 2.52 bits per heavy atom. The molecule has 0 atom stereocenters. The van der Waals surface area contributed by atoms with Crippen LogP contribution in [0.1, 0.15) is 5.56 Å². The molecule has 0 aliphatic carbocycles. The molecule has 2 aromatic rings. The van der Waals surface area contributed by atoms with E-state index in [1.165, 1.54) is 31.2 Å². The molecule has 0 saturated heterocycles. The number of aryl methyl sites for hydroxylation is 1. The second-order valence-corrected chi connectivity index (χ2v) is 6.55. The molecule has 0 saturated carbocycles. The molecule has 0 aromatic heterocycles. The summed E-state index contributed by atoms with van der Waals surface area (Å²) in [6.07, 6.45) is 0. The minimum Gasteiger partial charge on any atom is -0.479 e. The van der Waals surface area contributed by atoms with Gasteiger partial charge in [-0.1, -0.05) is 0 Å². The van der Waals surface area contributed by atoms with Gasteiger partial charge in [0.1, 0.15) is 22.5 Å². The Kier molecular flexibility index (Phi) is 5.19. The number of ether oxygens (including phenoxy) is 1. The average molecular weight is 365 g/mol. The number of nitrogens with zero attached hydrogens (tertiary/aromatic N) is 2. The van der Waals surface area contributed by atoms with Crippen molar-refractivity contribution in [1.82, 2.24) is 0 Å². The number of nitriles is 1. The Hall–Kier alpha value is -3.19. The lowest BCUT2D eigenvalue weighted by atomic mass is 10.2. The van der Waals surface area contributed by atoms with E-state index in [0.29, 0.717) is 11.8 Å². The van der Waals surface area contributed by atoms with Crippen molar-refractivity contribution in [2.45, 2.75) is 11.8 Å². The molecule has 0 heterocycles. The fourth-order valence-electron chi connectivity index (χ4n) is 1.99. The lowest BCUT2D eigenvalue weighted by Crippen LogP contribution is -2.15. The van der Waals surface area contributed by atoms with Crippen molar-refractivity contribution >= 4 is 21.4 Å². The molecule has 2 aromatic carbocycles. The first-order chi connectivity index (χ1) is 11.7. The van der Waals surface area contributed by atoms with Crippen LogP contribution in [-0.2, 0) is 10.0 Å². The number of hydrogen-bond acceptors (Lipinski definition) is 6. The Morgan fingerprint density at radius 2 is 1.96 bits per heavy atom. The second kappa shape index (κ2) is 7.14. The topological polar surface area (TPSA) is 122 Å². The van der Waals surface area contributed by atoms with Crippen LogP contribution in [-0.4, -0.2) is 19.9 Å². The van der Waals surface area contributed by atoms with E-state index in [-0.39, 0.29) is 17.9 Å². The van der Waals surface area contributed by atoms with Gasteiger partial charge in [-0.2, -0.15) is 5.26 Å². The van der Waals surface area contributed by atoms with Crippen molar-refractivity contribution in [1.29, 1.82) is 5.26 Å². The fraction of sp³-hybridized carbons (Fsp3) is 0.133. The van der Waals surface area contributed by atoms with E-state index in [1.54, 1.807) is 6.07 Å². The molecule has 10 heteroatoms. The molecule has 0 aliphatic rings. The van der Waals surface area contributed by atoms with E-state index in [2.05, 4.69) is 4.72 Å². The predicted octanol–water partition coefficient (Wildman–Crippen LogP) is 2.75. The summed E-state index contributed by atoms with van der Waals surface area (Å²) in [4.78, 5) is 9.32. The summed E-state index contributed by atoms with van der Waals surface area (Å²) in [5, 5.41) is 19.3. The molecule has 130 valence electrons. The number of benzene rings is 2. The Bertz CT molecular complexity index is 952. The molecule has 8 nitrogen and oxygen atoms in total. The van der Waals surface area contributed by atoms with E-state index in [4.69, 9.17) is 10.00 Å². The largest absolute Gasteiger partial charge is 0.479 e. The van der Waals surface area contributed by atoms with Gasteiger partial charge < -0.3 is 4.74 Å². The van der Waals surface area contributed by atoms with Crippen LogP contribution in [0, 0.1) is 34.2 Å². The molecule has 2 rings (SSSR count). The summed E-state index contributed by atoms with van der Waals surface area (Å²) in [5.41, 5.74) is -0.380. The van der Waals surface area contributed by atoms with Gasteiger partial charge in [-0.05, 0) is 37.3 Å². The summed E-state index contributed by atoms with van der Waals surface area (Å²) in [5.74, 6) is -0.744. The smallest absolute Gasteiger partial charge is 0.273 e. The number of halogens is 1. The Balaban J connectivity index is 2.32. The van der Waals surface area contributed by atoms with Crippen molar-refractivity contribution in [2.75, 3.05) is 11.3 Å². The number of hydrogen-bond donors (Lipinski definition) is 1. The molecular formula is C15H12FN3O5S. The zero-order valence-corrected chi connectivity index (χ0v) is 13.7. The second-order valence-electron chi connectivity index (χ2n) is 4.90. The lowest BCUT2D eigenvalue weighted by Gasteiger charge is -2.10.